The summed E-state index contributed by atoms with van der Waals surface area (Å²) in [7, 11) is 0. The summed E-state index contributed by atoms with van der Waals surface area (Å²) in [5, 5.41) is 9.95. The predicted octanol–water partition coefficient (Wildman–Crippen LogP) is 4.31. The van der Waals surface area contributed by atoms with Crippen molar-refractivity contribution in [1.82, 2.24) is 0 Å². The number of benzene rings is 1. The zero-order chi connectivity index (χ0) is 15.0. The Morgan fingerprint density at radius 1 is 1.40 bits per heavy atom. The molecule has 0 radical (unpaired) electrons. The minimum atomic E-state index is -4.71. The molecule has 1 aromatic rings. The van der Waals surface area contributed by atoms with E-state index in [0.717, 1.165) is 16.2 Å². The lowest BCUT2D eigenvalue weighted by Crippen LogP contribution is -2.48. The van der Waals surface area contributed by atoms with Crippen LogP contribution in [0, 0.1) is 0 Å². The van der Waals surface area contributed by atoms with Crippen molar-refractivity contribution < 1.29 is 18.3 Å². The standard InChI is InChI=1S/C15H17F3OS/c1-3-14(19,15(16,17)18)10-13(2)8-9-20-12-7-5-4-6-11(12)13/h3-7,19H,1,8-10H2,2H3. The van der Waals surface area contributed by atoms with E-state index < -0.39 is 23.6 Å². The number of aliphatic hydroxyl groups is 1. The van der Waals surface area contributed by atoms with Crippen LogP contribution in [-0.2, 0) is 5.41 Å². The van der Waals surface area contributed by atoms with Crippen molar-refractivity contribution in [3.05, 3.63) is 42.5 Å². The van der Waals surface area contributed by atoms with Gasteiger partial charge < -0.3 is 5.11 Å². The lowest BCUT2D eigenvalue weighted by atomic mass is 9.71. The van der Waals surface area contributed by atoms with Gasteiger partial charge in [0.2, 0.25) is 0 Å². The highest BCUT2D eigenvalue weighted by atomic mass is 32.2. The molecule has 110 valence electrons. The molecular formula is C15H17F3OS. The maximum Gasteiger partial charge on any atom is 0.420 e. The van der Waals surface area contributed by atoms with Gasteiger partial charge in [-0.25, -0.2) is 0 Å². The molecule has 0 aliphatic carbocycles. The van der Waals surface area contributed by atoms with E-state index in [1.807, 2.05) is 24.3 Å². The van der Waals surface area contributed by atoms with Crippen LogP contribution in [0.2, 0.25) is 0 Å². The van der Waals surface area contributed by atoms with Crippen molar-refractivity contribution in [2.24, 2.45) is 0 Å². The molecule has 0 bridgehead atoms. The summed E-state index contributed by atoms with van der Waals surface area (Å²) in [5.41, 5.74) is -2.68. The van der Waals surface area contributed by atoms with Crippen LogP contribution in [0.5, 0.6) is 0 Å². The van der Waals surface area contributed by atoms with Crippen molar-refractivity contribution in [3.8, 4) is 0 Å². The van der Waals surface area contributed by atoms with Crippen LogP contribution in [0.3, 0.4) is 0 Å². The lowest BCUT2D eigenvalue weighted by Gasteiger charge is -2.41. The molecule has 1 N–H and O–H groups in total. The molecular weight excluding hydrogens is 285 g/mol. The second-order valence-electron chi connectivity index (χ2n) is 5.46. The Labute approximate surface area is 120 Å². The molecule has 1 heterocycles. The minimum absolute atomic E-state index is 0.398. The van der Waals surface area contributed by atoms with Crippen molar-refractivity contribution in [2.45, 2.75) is 41.9 Å². The van der Waals surface area contributed by atoms with Crippen LogP contribution in [0.15, 0.2) is 41.8 Å². The van der Waals surface area contributed by atoms with E-state index in [9.17, 15) is 18.3 Å². The van der Waals surface area contributed by atoms with Crippen LogP contribution < -0.4 is 0 Å². The van der Waals surface area contributed by atoms with Crippen LogP contribution in [0.4, 0.5) is 13.2 Å². The normalized spacial score (nSPS) is 25.6. The molecule has 1 nitrogen and oxygen atoms in total. The van der Waals surface area contributed by atoms with Gasteiger partial charge in [0.25, 0.3) is 0 Å². The van der Waals surface area contributed by atoms with Gasteiger partial charge in [0, 0.05) is 4.90 Å². The SMILES string of the molecule is C=CC(O)(CC1(C)CCSc2ccccc21)C(F)(F)F. The Morgan fingerprint density at radius 2 is 2.05 bits per heavy atom. The molecule has 1 aliphatic rings. The Morgan fingerprint density at radius 3 is 2.65 bits per heavy atom. The number of alkyl halides is 3. The Kier molecular flexibility index (Phi) is 3.95. The van der Waals surface area contributed by atoms with Crippen LogP contribution in [0.1, 0.15) is 25.3 Å². The number of halogens is 3. The van der Waals surface area contributed by atoms with Gasteiger partial charge in [-0.3, -0.25) is 0 Å². The fraction of sp³-hybridized carbons (Fsp3) is 0.467. The average molecular weight is 302 g/mol. The number of rotatable bonds is 3. The molecule has 2 rings (SSSR count). The molecule has 0 saturated carbocycles. The van der Waals surface area contributed by atoms with Crippen molar-refractivity contribution in [1.29, 1.82) is 0 Å². The van der Waals surface area contributed by atoms with E-state index in [1.54, 1.807) is 18.7 Å². The summed E-state index contributed by atoms with van der Waals surface area (Å²) >= 11 is 1.64. The fourth-order valence-corrected chi connectivity index (χ4v) is 4.10. The van der Waals surface area contributed by atoms with Gasteiger partial charge in [-0.15, -0.1) is 11.8 Å². The topological polar surface area (TPSA) is 20.2 Å². The predicted molar refractivity (Wildman–Crippen MR) is 75.0 cm³/mol. The summed E-state index contributed by atoms with van der Waals surface area (Å²) in [6.07, 6.45) is -3.90. The van der Waals surface area contributed by atoms with Crippen LogP contribution in [0.25, 0.3) is 0 Å². The summed E-state index contributed by atoms with van der Waals surface area (Å²) < 4.78 is 39.2. The first-order chi connectivity index (χ1) is 9.22. The van der Waals surface area contributed by atoms with Gasteiger partial charge in [0.1, 0.15) is 0 Å². The number of fused-ring (bicyclic) bond motifs is 1. The maximum absolute atomic E-state index is 13.1. The van der Waals surface area contributed by atoms with E-state index in [0.29, 0.717) is 12.5 Å². The minimum Gasteiger partial charge on any atom is -0.377 e. The molecule has 0 aromatic heterocycles. The summed E-state index contributed by atoms with van der Waals surface area (Å²) in [6.45, 7) is 4.96. The summed E-state index contributed by atoms with van der Waals surface area (Å²) in [5.74, 6) is 0.749. The molecule has 20 heavy (non-hydrogen) atoms. The molecule has 1 aromatic carbocycles. The zero-order valence-corrected chi connectivity index (χ0v) is 12.0. The van der Waals surface area contributed by atoms with E-state index in [1.165, 1.54) is 0 Å². The first-order valence-corrected chi connectivity index (χ1v) is 7.35. The van der Waals surface area contributed by atoms with Gasteiger partial charge in [0.05, 0.1) is 0 Å². The highest BCUT2D eigenvalue weighted by molar-refractivity contribution is 7.99. The van der Waals surface area contributed by atoms with E-state index >= 15 is 0 Å². The smallest absolute Gasteiger partial charge is 0.377 e. The van der Waals surface area contributed by atoms with Crippen molar-refractivity contribution in [3.63, 3.8) is 0 Å². The van der Waals surface area contributed by atoms with E-state index in [-0.39, 0.29) is 0 Å². The fourth-order valence-electron chi connectivity index (χ4n) is 2.68. The van der Waals surface area contributed by atoms with Crippen molar-refractivity contribution >= 4 is 11.8 Å². The Hall–Kier alpha value is -0.940. The number of hydrogen-bond donors (Lipinski definition) is 1. The highest BCUT2D eigenvalue weighted by Crippen LogP contribution is 2.48. The van der Waals surface area contributed by atoms with Crippen LogP contribution >= 0.6 is 11.8 Å². The summed E-state index contributed by atoms with van der Waals surface area (Å²) in [6, 6.07) is 7.46. The van der Waals surface area contributed by atoms with Gasteiger partial charge >= 0.3 is 6.18 Å². The molecule has 0 spiro atoms. The quantitative estimate of drug-likeness (QED) is 0.840. The Balaban J connectivity index is 2.40. The average Bonchev–Trinajstić information content (AvgIpc) is 2.37. The first kappa shape index (κ1) is 15.4. The molecule has 0 fully saturated rings. The number of hydrogen-bond acceptors (Lipinski definition) is 2. The third-order valence-electron chi connectivity index (χ3n) is 3.94. The maximum atomic E-state index is 13.1. The monoisotopic (exact) mass is 302 g/mol. The Bertz CT molecular complexity index is 514. The largest absolute Gasteiger partial charge is 0.420 e. The second kappa shape index (κ2) is 5.11. The third-order valence-corrected chi connectivity index (χ3v) is 5.01. The molecule has 0 amide bonds. The first-order valence-electron chi connectivity index (χ1n) is 6.37. The van der Waals surface area contributed by atoms with Crippen LogP contribution in [-0.4, -0.2) is 22.6 Å². The molecule has 0 saturated heterocycles. The molecule has 1 aliphatic heterocycles. The molecule has 5 heteroatoms. The van der Waals surface area contributed by atoms with Crippen molar-refractivity contribution in [2.75, 3.05) is 5.75 Å². The van der Waals surface area contributed by atoms with Gasteiger partial charge in [-0.1, -0.05) is 37.8 Å². The van der Waals surface area contributed by atoms with E-state index in [4.69, 9.17) is 0 Å². The summed E-state index contributed by atoms with van der Waals surface area (Å²) in [4.78, 5) is 0.995. The third kappa shape index (κ3) is 2.61. The second-order valence-corrected chi connectivity index (χ2v) is 6.59. The van der Waals surface area contributed by atoms with Gasteiger partial charge in [-0.05, 0) is 35.6 Å². The lowest BCUT2D eigenvalue weighted by molar-refractivity contribution is -0.246. The van der Waals surface area contributed by atoms with Gasteiger partial charge in [-0.2, -0.15) is 13.2 Å². The van der Waals surface area contributed by atoms with Gasteiger partial charge in [0.15, 0.2) is 5.60 Å². The number of thioether (sulfide) groups is 1. The highest BCUT2D eigenvalue weighted by Gasteiger charge is 2.55. The molecule has 2 unspecified atom stereocenters. The zero-order valence-electron chi connectivity index (χ0n) is 11.2. The van der Waals surface area contributed by atoms with E-state index in [2.05, 4.69) is 6.58 Å². The molecule has 2 atom stereocenters.